The van der Waals surface area contributed by atoms with Gasteiger partial charge in [0.2, 0.25) is 0 Å². The van der Waals surface area contributed by atoms with E-state index in [1.54, 1.807) is 0 Å². The molecule has 0 aromatic heterocycles. The summed E-state index contributed by atoms with van der Waals surface area (Å²) in [6, 6.07) is 0. The van der Waals surface area contributed by atoms with Crippen LogP contribution in [0, 0.1) is 5.41 Å². The van der Waals surface area contributed by atoms with Crippen molar-refractivity contribution >= 4 is 0 Å². The zero-order chi connectivity index (χ0) is 11.4. The summed E-state index contributed by atoms with van der Waals surface area (Å²) in [6.45, 7) is 15.1. The molecule has 0 N–H and O–H groups in total. The van der Waals surface area contributed by atoms with Crippen LogP contribution in [0.2, 0.25) is 0 Å². The Hall–Kier alpha value is -0.300. The predicted octanol–water partition coefficient (Wildman–Crippen LogP) is 4.18. The summed E-state index contributed by atoms with van der Waals surface area (Å²) >= 11 is 0. The molecule has 0 aliphatic heterocycles. The minimum Gasteiger partial charge on any atom is -0.373 e. The number of hydrogen-bond acceptors (Lipinski definition) is 1. The highest BCUT2D eigenvalue weighted by Gasteiger charge is 2.18. The van der Waals surface area contributed by atoms with Crippen LogP contribution in [0.1, 0.15) is 54.9 Å². The average Bonchev–Trinajstić information content (AvgIpc) is 1.78. The lowest BCUT2D eigenvalue weighted by Crippen LogP contribution is -2.27. The molecule has 14 heavy (non-hydrogen) atoms. The van der Waals surface area contributed by atoms with E-state index in [0.29, 0.717) is 6.10 Å². The van der Waals surface area contributed by atoms with Gasteiger partial charge in [-0.05, 0) is 39.5 Å². The summed E-state index contributed by atoms with van der Waals surface area (Å²) < 4.78 is 5.80. The highest BCUT2D eigenvalue weighted by Crippen LogP contribution is 2.20. The van der Waals surface area contributed by atoms with E-state index in [4.69, 9.17) is 4.74 Å². The number of hydrogen-bond donors (Lipinski definition) is 0. The molecule has 0 heterocycles. The fourth-order valence-electron chi connectivity index (χ4n) is 1.38. The van der Waals surface area contributed by atoms with Crippen LogP contribution in [0.4, 0.5) is 0 Å². The maximum atomic E-state index is 5.80. The molecule has 0 fully saturated rings. The second kappa shape index (κ2) is 4.97. The van der Waals surface area contributed by atoms with Gasteiger partial charge in [-0.3, -0.25) is 0 Å². The highest BCUT2D eigenvalue weighted by atomic mass is 16.5. The zero-order valence-electron chi connectivity index (χ0n) is 10.8. The molecule has 0 radical (unpaired) electrons. The van der Waals surface area contributed by atoms with Gasteiger partial charge in [-0.2, -0.15) is 0 Å². The van der Waals surface area contributed by atoms with Gasteiger partial charge in [0, 0.05) is 0 Å². The molecule has 0 aromatic rings. The lowest BCUT2D eigenvalue weighted by molar-refractivity contribution is -0.0531. The van der Waals surface area contributed by atoms with Crippen LogP contribution in [-0.4, -0.2) is 11.7 Å². The van der Waals surface area contributed by atoms with Gasteiger partial charge < -0.3 is 4.74 Å². The van der Waals surface area contributed by atoms with Crippen LogP contribution in [0.3, 0.4) is 0 Å². The maximum Gasteiger partial charge on any atom is 0.0664 e. The summed E-state index contributed by atoms with van der Waals surface area (Å²) in [5, 5.41) is 0. The Morgan fingerprint density at radius 3 is 1.93 bits per heavy atom. The van der Waals surface area contributed by atoms with Crippen LogP contribution in [0.25, 0.3) is 0 Å². The molecule has 1 nitrogen and oxygen atoms in total. The van der Waals surface area contributed by atoms with Crippen molar-refractivity contribution in [3.05, 3.63) is 12.2 Å². The highest BCUT2D eigenvalue weighted by molar-refractivity contribution is 4.95. The van der Waals surface area contributed by atoms with Gasteiger partial charge >= 0.3 is 0 Å². The van der Waals surface area contributed by atoms with E-state index in [2.05, 4.69) is 60.6 Å². The molecule has 0 amide bonds. The summed E-state index contributed by atoms with van der Waals surface area (Å²) in [4.78, 5) is 0. The molecule has 0 spiro atoms. The lowest BCUT2D eigenvalue weighted by atomic mass is 9.94. The van der Waals surface area contributed by atoms with Crippen molar-refractivity contribution < 1.29 is 4.74 Å². The van der Waals surface area contributed by atoms with Crippen molar-refractivity contribution in [2.45, 2.75) is 66.6 Å². The zero-order valence-corrected chi connectivity index (χ0v) is 10.8. The molecule has 0 unspecified atom stereocenters. The first kappa shape index (κ1) is 13.7. The van der Waals surface area contributed by atoms with Crippen molar-refractivity contribution in [3.63, 3.8) is 0 Å². The van der Waals surface area contributed by atoms with Crippen molar-refractivity contribution in [3.8, 4) is 0 Å². The molecule has 0 aliphatic carbocycles. The molecule has 1 heteroatoms. The van der Waals surface area contributed by atoms with Crippen LogP contribution < -0.4 is 0 Å². The quantitative estimate of drug-likeness (QED) is 0.616. The Morgan fingerprint density at radius 1 is 1.07 bits per heavy atom. The number of allylic oxidation sites excluding steroid dienone is 1. The van der Waals surface area contributed by atoms with E-state index >= 15 is 0 Å². The van der Waals surface area contributed by atoms with E-state index in [1.807, 2.05) is 0 Å². The third-order valence-electron chi connectivity index (χ3n) is 1.78. The topological polar surface area (TPSA) is 9.23 Å². The monoisotopic (exact) mass is 198 g/mol. The average molecular weight is 198 g/mol. The van der Waals surface area contributed by atoms with Crippen LogP contribution in [0.15, 0.2) is 12.2 Å². The normalized spacial score (nSPS) is 14.3. The van der Waals surface area contributed by atoms with Gasteiger partial charge in [-0.1, -0.05) is 32.9 Å². The third-order valence-corrected chi connectivity index (χ3v) is 1.78. The van der Waals surface area contributed by atoms with E-state index in [9.17, 15) is 0 Å². The van der Waals surface area contributed by atoms with Gasteiger partial charge in [0.15, 0.2) is 0 Å². The fraction of sp³-hybridized carbons (Fsp3) is 0.846. The molecule has 0 saturated heterocycles. The van der Waals surface area contributed by atoms with Gasteiger partial charge in [0.25, 0.3) is 0 Å². The van der Waals surface area contributed by atoms with Gasteiger partial charge in [0.1, 0.15) is 0 Å². The van der Waals surface area contributed by atoms with Gasteiger partial charge in [-0.15, -0.1) is 0 Å². The van der Waals surface area contributed by atoms with Crippen molar-refractivity contribution in [2.75, 3.05) is 0 Å². The number of ether oxygens (including phenoxy) is 1. The lowest BCUT2D eigenvalue weighted by Gasteiger charge is -2.27. The molecule has 0 aromatic carbocycles. The minimum atomic E-state index is -0.0457. The van der Waals surface area contributed by atoms with E-state index in [0.717, 1.165) is 6.42 Å². The Kier molecular flexibility index (Phi) is 4.87. The molecule has 0 rings (SSSR count). The maximum absolute atomic E-state index is 5.80. The van der Waals surface area contributed by atoms with Gasteiger partial charge in [0.05, 0.1) is 11.7 Å². The van der Waals surface area contributed by atoms with Crippen LogP contribution in [0.5, 0.6) is 0 Å². The van der Waals surface area contributed by atoms with Gasteiger partial charge in [-0.25, -0.2) is 0 Å². The summed E-state index contributed by atoms with van der Waals surface area (Å²) in [5.41, 5.74) is 0.226. The van der Waals surface area contributed by atoms with E-state index in [1.165, 1.54) is 0 Å². The van der Waals surface area contributed by atoms with Crippen molar-refractivity contribution in [2.24, 2.45) is 5.41 Å². The smallest absolute Gasteiger partial charge is 0.0664 e. The third kappa shape index (κ3) is 8.31. The molecule has 0 saturated carbocycles. The molecule has 84 valence electrons. The first-order valence-corrected chi connectivity index (χ1v) is 5.48. The largest absolute Gasteiger partial charge is 0.373 e. The Balaban J connectivity index is 4.05. The first-order valence-electron chi connectivity index (χ1n) is 5.48. The molecular formula is C13H26O. The number of rotatable bonds is 4. The van der Waals surface area contributed by atoms with Crippen LogP contribution in [-0.2, 0) is 4.74 Å². The second-order valence-electron chi connectivity index (χ2n) is 5.90. The molecule has 0 bridgehead atoms. The van der Waals surface area contributed by atoms with E-state index in [-0.39, 0.29) is 11.0 Å². The van der Waals surface area contributed by atoms with E-state index < -0.39 is 0 Å². The van der Waals surface area contributed by atoms with Crippen LogP contribution >= 0.6 is 0 Å². The Morgan fingerprint density at radius 2 is 1.57 bits per heavy atom. The minimum absolute atomic E-state index is 0.0457. The predicted molar refractivity (Wildman–Crippen MR) is 63.5 cm³/mol. The molecular weight excluding hydrogens is 172 g/mol. The summed E-state index contributed by atoms with van der Waals surface area (Å²) in [7, 11) is 0. The molecule has 0 atom stereocenters. The summed E-state index contributed by atoms with van der Waals surface area (Å²) in [5.74, 6) is 0. The van der Waals surface area contributed by atoms with Crippen molar-refractivity contribution in [1.29, 1.82) is 0 Å². The Labute approximate surface area is 89.5 Å². The Bertz CT molecular complexity index is 182. The SMILES string of the molecule is CC(C)OC(C)(C)C/C=C/C(C)(C)C. The fourth-order valence-corrected chi connectivity index (χ4v) is 1.38. The summed E-state index contributed by atoms with van der Waals surface area (Å²) in [6.07, 6.45) is 5.75. The van der Waals surface area contributed by atoms with Crippen molar-refractivity contribution in [1.82, 2.24) is 0 Å². The molecule has 0 aliphatic rings. The standard InChI is InChI=1S/C13H26O/c1-11(2)14-13(6,7)10-8-9-12(3,4)5/h8-9,11H,10H2,1-7H3/b9-8+. The first-order chi connectivity index (χ1) is 6.12. The second-order valence-corrected chi connectivity index (χ2v) is 5.90.